The van der Waals surface area contributed by atoms with E-state index in [0.717, 1.165) is 6.42 Å². The summed E-state index contributed by atoms with van der Waals surface area (Å²) in [6.45, 7) is 5.90. The van der Waals surface area contributed by atoms with Crippen molar-refractivity contribution in [3.8, 4) is 6.07 Å². The van der Waals surface area contributed by atoms with Crippen LogP contribution in [0.4, 0.5) is 0 Å². The number of hydrogen-bond acceptors (Lipinski definition) is 4. The average Bonchev–Trinajstić information content (AvgIpc) is 2.59. The Labute approximate surface area is 98.9 Å². The Morgan fingerprint density at radius 1 is 1.62 bits per heavy atom. The number of aromatic nitrogens is 3. The van der Waals surface area contributed by atoms with Gasteiger partial charge in [-0.2, -0.15) is 5.26 Å². The van der Waals surface area contributed by atoms with E-state index in [2.05, 4.69) is 16.3 Å². The largest absolute Gasteiger partial charge is 0.344 e. The molecule has 0 radical (unpaired) electrons. The number of nitrogens with one attached hydrogen (secondary N) is 1. The first-order valence-electron chi connectivity index (χ1n) is 5.30. The van der Waals surface area contributed by atoms with Gasteiger partial charge in [0.2, 0.25) is 0 Å². The monoisotopic (exact) mass is 240 g/mol. The number of thioether (sulfide) groups is 1. The molecule has 16 heavy (non-hydrogen) atoms. The van der Waals surface area contributed by atoms with Gasteiger partial charge in [-0.25, -0.2) is 9.89 Å². The molecule has 1 rings (SSSR count). The van der Waals surface area contributed by atoms with Gasteiger partial charge < -0.3 is 0 Å². The summed E-state index contributed by atoms with van der Waals surface area (Å²) < 4.78 is 1.62. The fraction of sp³-hybridized carbons (Fsp3) is 0.700. The smallest absolute Gasteiger partial charge is 0.268 e. The molecular formula is C10H16N4OS. The van der Waals surface area contributed by atoms with Gasteiger partial charge in [0.1, 0.15) is 0 Å². The van der Waals surface area contributed by atoms with Crippen LogP contribution in [0.3, 0.4) is 0 Å². The van der Waals surface area contributed by atoms with Gasteiger partial charge in [-0.3, -0.25) is 4.57 Å². The van der Waals surface area contributed by atoms with Crippen molar-refractivity contribution in [3.63, 3.8) is 0 Å². The van der Waals surface area contributed by atoms with E-state index in [4.69, 9.17) is 5.26 Å². The molecule has 0 fully saturated rings. The van der Waals surface area contributed by atoms with Crippen molar-refractivity contribution in [2.45, 2.75) is 50.1 Å². The van der Waals surface area contributed by atoms with Gasteiger partial charge in [-0.1, -0.05) is 18.7 Å². The predicted octanol–water partition coefficient (Wildman–Crippen LogP) is 1.94. The van der Waals surface area contributed by atoms with Gasteiger partial charge in [-0.05, 0) is 20.3 Å². The molecule has 5 nitrogen and oxygen atoms in total. The highest BCUT2D eigenvalue weighted by atomic mass is 32.2. The van der Waals surface area contributed by atoms with Gasteiger partial charge in [-0.15, -0.1) is 5.10 Å². The van der Waals surface area contributed by atoms with Gasteiger partial charge in [0.15, 0.2) is 5.16 Å². The number of nitriles is 1. The number of H-pyrrole nitrogens is 1. The molecule has 0 aliphatic rings. The lowest BCUT2D eigenvalue weighted by Crippen LogP contribution is -2.20. The van der Waals surface area contributed by atoms with E-state index in [1.807, 2.05) is 20.8 Å². The molecule has 0 saturated heterocycles. The molecule has 0 saturated carbocycles. The Hall–Kier alpha value is -1.22. The zero-order valence-electron chi connectivity index (χ0n) is 9.73. The minimum atomic E-state index is -0.190. The first-order valence-corrected chi connectivity index (χ1v) is 6.18. The zero-order chi connectivity index (χ0) is 12.1. The fourth-order valence-electron chi connectivity index (χ4n) is 1.35. The molecular weight excluding hydrogens is 224 g/mol. The summed E-state index contributed by atoms with van der Waals surface area (Å²) in [6, 6.07) is 2.23. The van der Waals surface area contributed by atoms with Crippen LogP contribution >= 0.6 is 11.8 Å². The minimum absolute atomic E-state index is 0.0772. The van der Waals surface area contributed by atoms with Crippen molar-refractivity contribution in [1.82, 2.24) is 14.8 Å². The van der Waals surface area contributed by atoms with Crippen LogP contribution in [0.15, 0.2) is 9.95 Å². The molecule has 1 aromatic heterocycles. The SMILES string of the molecule is CCC(CC#N)Sc1n[nH]c(=O)n1C(C)C. The molecule has 0 aliphatic heterocycles. The molecule has 0 bridgehead atoms. The third-order valence-electron chi connectivity index (χ3n) is 2.23. The zero-order valence-corrected chi connectivity index (χ0v) is 10.5. The summed E-state index contributed by atoms with van der Waals surface area (Å²) >= 11 is 1.49. The van der Waals surface area contributed by atoms with Gasteiger partial charge >= 0.3 is 5.69 Å². The van der Waals surface area contributed by atoms with Gasteiger partial charge in [0, 0.05) is 17.7 Å². The van der Waals surface area contributed by atoms with Gasteiger partial charge in [0.25, 0.3) is 0 Å². The maximum absolute atomic E-state index is 11.5. The first kappa shape index (κ1) is 12.8. The molecule has 1 unspecified atom stereocenters. The molecule has 0 spiro atoms. The summed E-state index contributed by atoms with van der Waals surface area (Å²) in [5.41, 5.74) is -0.190. The Morgan fingerprint density at radius 3 is 2.81 bits per heavy atom. The molecule has 0 aliphatic carbocycles. The van der Waals surface area contributed by atoms with Crippen molar-refractivity contribution in [3.05, 3.63) is 10.5 Å². The third kappa shape index (κ3) is 2.89. The van der Waals surface area contributed by atoms with E-state index in [0.29, 0.717) is 11.6 Å². The lowest BCUT2D eigenvalue weighted by atomic mass is 10.3. The van der Waals surface area contributed by atoms with Crippen molar-refractivity contribution < 1.29 is 0 Å². The Morgan fingerprint density at radius 2 is 2.31 bits per heavy atom. The van der Waals surface area contributed by atoms with Crippen LogP contribution in [0.1, 0.15) is 39.7 Å². The van der Waals surface area contributed by atoms with Crippen LogP contribution in [0.5, 0.6) is 0 Å². The second kappa shape index (κ2) is 5.75. The molecule has 1 N–H and O–H groups in total. The van der Waals surface area contributed by atoms with Crippen LogP contribution in [0.25, 0.3) is 0 Å². The fourth-order valence-corrected chi connectivity index (χ4v) is 2.48. The van der Waals surface area contributed by atoms with Crippen LogP contribution in [-0.2, 0) is 0 Å². The predicted molar refractivity (Wildman–Crippen MR) is 63.4 cm³/mol. The van der Waals surface area contributed by atoms with E-state index in [1.165, 1.54) is 11.8 Å². The standard InChI is InChI=1S/C10H16N4OS/c1-4-8(5-6-11)16-10-13-12-9(15)14(10)7(2)3/h7-8H,4-5H2,1-3H3,(H,12,15). The van der Waals surface area contributed by atoms with Crippen LogP contribution < -0.4 is 5.69 Å². The number of rotatable bonds is 5. The van der Waals surface area contributed by atoms with Crippen molar-refractivity contribution >= 4 is 11.8 Å². The summed E-state index contributed by atoms with van der Waals surface area (Å²) in [5.74, 6) is 0. The van der Waals surface area contributed by atoms with E-state index < -0.39 is 0 Å². The van der Waals surface area contributed by atoms with Crippen LogP contribution in [0.2, 0.25) is 0 Å². The molecule has 6 heteroatoms. The number of nitrogens with zero attached hydrogens (tertiary/aromatic N) is 3. The molecule has 0 aromatic carbocycles. The van der Waals surface area contributed by atoms with Crippen molar-refractivity contribution in [2.75, 3.05) is 0 Å². The van der Waals surface area contributed by atoms with Crippen LogP contribution in [0, 0.1) is 11.3 Å². The summed E-state index contributed by atoms with van der Waals surface area (Å²) in [4.78, 5) is 11.5. The Kier molecular flexibility index (Phi) is 4.62. The second-order valence-electron chi connectivity index (χ2n) is 3.79. The molecule has 88 valence electrons. The summed E-state index contributed by atoms with van der Waals surface area (Å²) in [5, 5.41) is 16.0. The average molecular weight is 240 g/mol. The van der Waals surface area contributed by atoms with Gasteiger partial charge in [0.05, 0.1) is 6.07 Å². The Balaban J connectivity index is 2.89. The molecule has 1 heterocycles. The molecule has 0 amide bonds. The maximum Gasteiger partial charge on any atom is 0.344 e. The summed E-state index contributed by atoms with van der Waals surface area (Å²) in [7, 11) is 0. The highest BCUT2D eigenvalue weighted by Gasteiger charge is 2.16. The van der Waals surface area contributed by atoms with E-state index in [1.54, 1.807) is 4.57 Å². The lowest BCUT2D eigenvalue weighted by Gasteiger charge is -2.12. The molecule has 1 aromatic rings. The van der Waals surface area contributed by atoms with Crippen molar-refractivity contribution in [2.24, 2.45) is 0 Å². The van der Waals surface area contributed by atoms with E-state index in [-0.39, 0.29) is 17.0 Å². The van der Waals surface area contributed by atoms with Crippen LogP contribution in [-0.4, -0.2) is 20.0 Å². The quantitative estimate of drug-likeness (QED) is 0.798. The summed E-state index contributed by atoms with van der Waals surface area (Å²) in [6.07, 6.45) is 1.36. The topological polar surface area (TPSA) is 74.5 Å². The molecule has 1 atom stereocenters. The Bertz CT molecular complexity index is 429. The van der Waals surface area contributed by atoms with E-state index >= 15 is 0 Å². The number of aromatic amines is 1. The normalized spacial score (nSPS) is 12.7. The first-order chi connectivity index (χ1) is 7.60. The third-order valence-corrected chi connectivity index (χ3v) is 3.57. The minimum Gasteiger partial charge on any atom is -0.268 e. The highest BCUT2D eigenvalue weighted by molar-refractivity contribution is 7.99. The van der Waals surface area contributed by atoms with E-state index in [9.17, 15) is 4.79 Å². The van der Waals surface area contributed by atoms with Crippen molar-refractivity contribution in [1.29, 1.82) is 5.26 Å². The maximum atomic E-state index is 11.5. The second-order valence-corrected chi connectivity index (χ2v) is 5.05. The number of hydrogen-bond donors (Lipinski definition) is 1. The lowest BCUT2D eigenvalue weighted by molar-refractivity contribution is 0.533. The highest BCUT2D eigenvalue weighted by Crippen LogP contribution is 2.26.